The third-order valence-corrected chi connectivity index (χ3v) is 4.69. The van der Waals surface area contributed by atoms with Crippen LogP contribution in [0.3, 0.4) is 0 Å². The van der Waals surface area contributed by atoms with Gasteiger partial charge in [-0.2, -0.15) is 0 Å². The van der Waals surface area contributed by atoms with E-state index in [1.54, 1.807) is 19.5 Å². The number of aromatic nitrogens is 2. The Bertz CT molecular complexity index is 847. The lowest BCUT2D eigenvalue weighted by atomic mass is 10.2. The van der Waals surface area contributed by atoms with Gasteiger partial charge in [-0.05, 0) is 42.3 Å². The summed E-state index contributed by atoms with van der Waals surface area (Å²) >= 11 is 1.44. The molecule has 25 heavy (non-hydrogen) atoms. The van der Waals surface area contributed by atoms with E-state index in [9.17, 15) is 4.79 Å². The lowest BCUT2D eigenvalue weighted by Crippen LogP contribution is -2.28. The molecule has 0 aliphatic carbocycles. The number of pyridine rings is 1. The van der Waals surface area contributed by atoms with Gasteiger partial charge in [-0.1, -0.05) is 23.5 Å². The Kier molecular flexibility index (Phi) is 5.25. The summed E-state index contributed by atoms with van der Waals surface area (Å²) in [7, 11) is 1.62. The molecule has 2 amide bonds. The number of benzene rings is 1. The van der Waals surface area contributed by atoms with Gasteiger partial charge in [0.2, 0.25) is 0 Å². The number of hydrogen-bond donors (Lipinski definition) is 2. The molecule has 0 spiro atoms. The Morgan fingerprint density at radius 2 is 1.88 bits per heavy atom. The summed E-state index contributed by atoms with van der Waals surface area (Å²) in [6.45, 7) is 2.35. The molecule has 6 nitrogen and oxygen atoms in total. The van der Waals surface area contributed by atoms with Crippen molar-refractivity contribution in [2.75, 3.05) is 12.4 Å². The Morgan fingerprint density at radius 1 is 1.16 bits per heavy atom. The van der Waals surface area contributed by atoms with Crippen molar-refractivity contribution in [2.45, 2.75) is 13.5 Å². The van der Waals surface area contributed by atoms with Crippen molar-refractivity contribution < 1.29 is 9.53 Å². The van der Waals surface area contributed by atoms with E-state index in [-0.39, 0.29) is 6.03 Å². The number of nitrogens with one attached hydrogen (secondary N) is 2. The summed E-state index contributed by atoms with van der Waals surface area (Å²) in [6.07, 6.45) is 3.48. The minimum atomic E-state index is -0.286. The number of hydrogen-bond acceptors (Lipinski definition) is 5. The maximum absolute atomic E-state index is 12.1. The molecule has 0 aliphatic heterocycles. The van der Waals surface area contributed by atoms with Crippen LogP contribution in [0.4, 0.5) is 9.93 Å². The Labute approximate surface area is 149 Å². The van der Waals surface area contributed by atoms with E-state index in [4.69, 9.17) is 4.74 Å². The fraction of sp³-hybridized carbons (Fsp3) is 0.167. The van der Waals surface area contributed by atoms with Crippen LogP contribution >= 0.6 is 11.3 Å². The highest BCUT2D eigenvalue weighted by Crippen LogP contribution is 2.32. The fourth-order valence-corrected chi connectivity index (χ4v) is 3.25. The quantitative estimate of drug-likeness (QED) is 0.730. The predicted octanol–water partition coefficient (Wildman–Crippen LogP) is 3.84. The van der Waals surface area contributed by atoms with E-state index in [1.165, 1.54) is 11.3 Å². The van der Waals surface area contributed by atoms with E-state index >= 15 is 0 Å². The first-order chi connectivity index (χ1) is 12.2. The lowest BCUT2D eigenvalue weighted by molar-refractivity contribution is 0.251. The topological polar surface area (TPSA) is 76.1 Å². The highest BCUT2D eigenvalue weighted by molar-refractivity contribution is 7.19. The molecule has 0 fully saturated rings. The number of thiazole rings is 1. The summed E-state index contributed by atoms with van der Waals surface area (Å²) in [5.74, 6) is 0.787. The van der Waals surface area contributed by atoms with Crippen molar-refractivity contribution in [2.24, 2.45) is 0 Å². The van der Waals surface area contributed by atoms with Gasteiger partial charge in [-0.25, -0.2) is 9.78 Å². The number of ether oxygens (including phenoxy) is 1. The van der Waals surface area contributed by atoms with Gasteiger partial charge in [0.05, 0.1) is 17.7 Å². The van der Waals surface area contributed by atoms with E-state index in [0.29, 0.717) is 11.7 Å². The number of rotatable bonds is 5. The average molecular weight is 354 g/mol. The molecule has 7 heteroatoms. The number of carbonyl (C=O) groups excluding carboxylic acids is 1. The molecule has 1 aromatic carbocycles. The molecular weight excluding hydrogens is 336 g/mol. The first-order valence-corrected chi connectivity index (χ1v) is 8.53. The van der Waals surface area contributed by atoms with Crippen LogP contribution in [0.1, 0.15) is 11.3 Å². The second-order valence-electron chi connectivity index (χ2n) is 5.33. The van der Waals surface area contributed by atoms with Crippen molar-refractivity contribution >= 4 is 22.5 Å². The standard InChI is InChI=1S/C18H18N4O2S/c1-12-16(14-7-9-19-10-8-14)25-18(21-12)22-17(23)20-11-13-3-5-15(24-2)6-4-13/h3-10H,11H2,1-2H3,(H2,20,21,22,23). The summed E-state index contributed by atoms with van der Waals surface area (Å²) in [5, 5.41) is 6.17. The van der Waals surface area contributed by atoms with Crippen molar-refractivity contribution in [3.8, 4) is 16.2 Å². The highest BCUT2D eigenvalue weighted by atomic mass is 32.1. The molecule has 0 saturated carbocycles. The zero-order valence-corrected chi connectivity index (χ0v) is 14.8. The lowest BCUT2D eigenvalue weighted by Gasteiger charge is -2.06. The Hall–Kier alpha value is -2.93. The zero-order chi connectivity index (χ0) is 17.6. The second-order valence-corrected chi connectivity index (χ2v) is 6.32. The summed E-state index contributed by atoms with van der Waals surface area (Å²) in [5.41, 5.74) is 2.90. The van der Waals surface area contributed by atoms with E-state index < -0.39 is 0 Å². The molecule has 0 unspecified atom stereocenters. The molecule has 0 atom stereocenters. The molecule has 2 aromatic heterocycles. The number of nitrogens with zero attached hydrogens (tertiary/aromatic N) is 2. The number of methoxy groups -OCH3 is 1. The molecular formula is C18H18N4O2S. The Morgan fingerprint density at radius 3 is 2.56 bits per heavy atom. The molecule has 128 valence electrons. The van der Waals surface area contributed by atoms with Gasteiger partial charge >= 0.3 is 6.03 Å². The average Bonchev–Trinajstić information content (AvgIpc) is 3.01. The molecule has 0 aliphatic rings. The maximum Gasteiger partial charge on any atom is 0.321 e. The molecule has 0 saturated heterocycles. The first kappa shape index (κ1) is 16.9. The van der Waals surface area contributed by atoms with Crippen molar-refractivity contribution in [1.29, 1.82) is 0 Å². The summed E-state index contributed by atoms with van der Waals surface area (Å²) in [4.78, 5) is 21.5. The second kappa shape index (κ2) is 7.76. The molecule has 2 heterocycles. The van der Waals surface area contributed by atoms with Crippen LogP contribution in [0.15, 0.2) is 48.8 Å². The molecule has 3 rings (SSSR count). The van der Waals surface area contributed by atoms with Crippen LogP contribution in [0.25, 0.3) is 10.4 Å². The minimum absolute atomic E-state index is 0.286. The smallest absolute Gasteiger partial charge is 0.321 e. The van der Waals surface area contributed by atoms with Gasteiger partial charge in [-0.15, -0.1) is 0 Å². The highest BCUT2D eigenvalue weighted by Gasteiger charge is 2.11. The van der Waals surface area contributed by atoms with Crippen LogP contribution in [-0.4, -0.2) is 23.1 Å². The number of amides is 2. The molecule has 0 radical (unpaired) electrons. The summed E-state index contributed by atoms with van der Waals surface area (Å²) in [6, 6.07) is 11.1. The van der Waals surface area contributed by atoms with Crippen molar-refractivity contribution in [3.05, 3.63) is 60.0 Å². The number of urea groups is 1. The first-order valence-electron chi connectivity index (χ1n) is 7.71. The molecule has 0 bridgehead atoms. The zero-order valence-electron chi connectivity index (χ0n) is 13.9. The van der Waals surface area contributed by atoms with Gasteiger partial charge in [-0.3, -0.25) is 10.3 Å². The largest absolute Gasteiger partial charge is 0.497 e. The maximum atomic E-state index is 12.1. The van der Waals surface area contributed by atoms with Crippen LogP contribution in [0.2, 0.25) is 0 Å². The third-order valence-electron chi connectivity index (χ3n) is 3.57. The van der Waals surface area contributed by atoms with Gasteiger partial charge in [0.25, 0.3) is 0 Å². The van der Waals surface area contributed by atoms with Crippen molar-refractivity contribution in [3.63, 3.8) is 0 Å². The van der Waals surface area contributed by atoms with Crippen molar-refractivity contribution in [1.82, 2.24) is 15.3 Å². The Balaban J connectivity index is 1.59. The number of aryl methyl sites for hydroxylation is 1. The van der Waals surface area contributed by atoms with E-state index in [1.807, 2.05) is 43.3 Å². The summed E-state index contributed by atoms with van der Waals surface area (Å²) < 4.78 is 5.11. The van der Waals surface area contributed by atoms with Crippen LogP contribution in [-0.2, 0) is 6.54 Å². The fourth-order valence-electron chi connectivity index (χ4n) is 2.29. The molecule has 3 aromatic rings. The van der Waals surface area contributed by atoms with Gasteiger partial charge in [0.15, 0.2) is 5.13 Å². The van der Waals surface area contributed by atoms with Crippen LogP contribution in [0.5, 0.6) is 5.75 Å². The van der Waals surface area contributed by atoms with E-state index in [2.05, 4.69) is 20.6 Å². The number of carbonyl (C=O) groups is 1. The van der Waals surface area contributed by atoms with Crippen LogP contribution < -0.4 is 15.4 Å². The molecule has 2 N–H and O–H groups in total. The van der Waals surface area contributed by atoms with E-state index in [0.717, 1.165) is 27.4 Å². The normalized spacial score (nSPS) is 10.3. The third kappa shape index (κ3) is 4.33. The number of anilines is 1. The SMILES string of the molecule is COc1ccc(CNC(=O)Nc2nc(C)c(-c3ccncc3)s2)cc1. The monoisotopic (exact) mass is 354 g/mol. The van der Waals surface area contributed by atoms with Crippen LogP contribution in [0, 0.1) is 6.92 Å². The van der Waals surface area contributed by atoms with Gasteiger partial charge in [0, 0.05) is 18.9 Å². The van der Waals surface area contributed by atoms with Gasteiger partial charge < -0.3 is 10.1 Å². The predicted molar refractivity (Wildman–Crippen MR) is 98.9 cm³/mol. The minimum Gasteiger partial charge on any atom is -0.497 e. The van der Waals surface area contributed by atoms with Gasteiger partial charge in [0.1, 0.15) is 5.75 Å².